The molecular formula is C12H17N5. The van der Waals surface area contributed by atoms with Gasteiger partial charge in [-0.25, -0.2) is 9.97 Å². The van der Waals surface area contributed by atoms with Crippen LogP contribution >= 0.6 is 0 Å². The number of imidazole rings is 1. The highest BCUT2D eigenvalue weighted by Crippen LogP contribution is 2.13. The summed E-state index contributed by atoms with van der Waals surface area (Å²) in [5.74, 6) is 0. The van der Waals surface area contributed by atoms with E-state index in [2.05, 4.69) is 31.2 Å². The zero-order valence-electron chi connectivity index (χ0n) is 9.82. The Morgan fingerprint density at radius 2 is 2.12 bits per heavy atom. The third-order valence-corrected chi connectivity index (χ3v) is 3.32. The molecule has 0 aliphatic carbocycles. The summed E-state index contributed by atoms with van der Waals surface area (Å²) in [7, 11) is 0. The van der Waals surface area contributed by atoms with Gasteiger partial charge < -0.3 is 15.2 Å². The van der Waals surface area contributed by atoms with Crippen LogP contribution in [0.1, 0.15) is 5.56 Å². The maximum Gasteiger partial charge on any atom is 0.177 e. The predicted molar refractivity (Wildman–Crippen MR) is 66.9 cm³/mol. The number of piperazine rings is 1. The van der Waals surface area contributed by atoms with Gasteiger partial charge in [0.2, 0.25) is 0 Å². The van der Waals surface area contributed by atoms with Gasteiger partial charge in [-0.05, 0) is 18.1 Å². The summed E-state index contributed by atoms with van der Waals surface area (Å²) < 4.78 is 0. The van der Waals surface area contributed by atoms with E-state index >= 15 is 0 Å². The summed E-state index contributed by atoms with van der Waals surface area (Å²) in [4.78, 5) is 14.1. The van der Waals surface area contributed by atoms with E-state index in [0.29, 0.717) is 0 Å². The molecule has 0 spiro atoms. The molecule has 0 radical (unpaired) electrons. The quantitative estimate of drug-likeness (QED) is 0.803. The lowest BCUT2D eigenvalue weighted by molar-refractivity contribution is 0.244. The molecule has 5 heteroatoms. The van der Waals surface area contributed by atoms with E-state index in [9.17, 15) is 0 Å². The van der Waals surface area contributed by atoms with Crippen LogP contribution in [-0.2, 0) is 6.42 Å². The van der Waals surface area contributed by atoms with Crippen molar-refractivity contribution in [3.8, 4) is 0 Å². The van der Waals surface area contributed by atoms with Crippen molar-refractivity contribution in [2.75, 3.05) is 32.7 Å². The molecule has 0 saturated carbocycles. The van der Waals surface area contributed by atoms with Crippen molar-refractivity contribution < 1.29 is 0 Å². The fourth-order valence-electron chi connectivity index (χ4n) is 2.32. The highest BCUT2D eigenvalue weighted by atomic mass is 15.2. The number of hydrogen-bond acceptors (Lipinski definition) is 4. The highest BCUT2D eigenvalue weighted by molar-refractivity contribution is 5.73. The van der Waals surface area contributed by atoms with Gasteiger partial charge >= 0.3 is 0 Å². The number of nitrogens with one attached hydrogen (secondary N) is 2. The fourth-order valence-corrected chi connectivity index (χ4v) is 2.32. The Kier molecular flexibility index (Phi) is 3.02. The van der Waals surface area contributed by atoms with Crippen molar-refractivity contribution >= 4 is 11.2 Å². The zero-order valence-corrected chi connectivity index (χ0v) is 9.82. The molecule has 2 aromatic rings. The molecular weight excluding hydrogens is 214 g/mol. The molecule has 1 saturated heterocycles. The minimum absolute atomic E-state index is 0.822. The molecule has 3 rings (SSSR count). The molecule has 2 N–H and O–H groups in total. The van der Waals surface area contributed by atoms with Crippen LogP contribution in [0.3, 0.4) is 0 Å². The van der Waals surface area contributed by atoms with Gasteiger partial charge in [-0.2, -0.15) is 0 Å². The van der Waals surface area contributed by atoms with E-state index in [0.717, 1.165) is 50.3 Å². The number of pyridine rings is 1. The zero-order chi connectivity index (χ0) is 11.5. The summed E-state index contributed by atoms with van der Waals surface area (Å²) in [6.45, 7) is 5.62. The Labute approximate surface area is 100 Å². The SMILES string of the molecule is c1cc(CCN2CCNCC2)c2[nH]cnc2n1. The highest BCUT2D eigenvalue weighted by Gasteiger charge is 2.10. The van der Waals surface area contributed by atoms with Crippen LogP contribution < -0.4 is 5.32 Å². The second kappa shape index (κ2) is 4.81. The number of nitrogens with zero attached hydrogens (tertiary/aromatic N) is 3. The number of hydrogen-bond donors (Lipinski definition) is 2. The number of fused-ring (bicyclic) bond motifs is 1. The van der Waals surface area contributed by atoms with E-state index in [-0.39, 0.29) is 0 Å². The summed E-state index contributed by atoms with van der Waals surface area (Å²) in [5, 5.41) is 3.37. The molecule has 5 nitrogen and oxygen atoms in total. The molecule has 1 aliphatic heterocycles. The van der Waals surface area contributed by atoms with Crippen LogP contribution in [-0.4, -0.2) is 52.6 Å². The Hall–Kier alpha value is -1.46. The van der Waals surface area contributed by atoms with Crippen LogP contribution in [0.25, 0.3) is 11.2 Å². The molecule has 0 bridgehead atoms. The first kappa shape index (κ1) is 10.7. The largest absolute Gasteiger partial charge is 0.343 e. The van der Waals surface area contributed by atoms with E-state index < -0.39 is 0 Å². The number of H-pyrrole nitrogens is 1. The van der Waals surface area contributed by atoms with Crippen molar-refractivity contribution in [1.82, 2.24) is 25.2 Å². The maximum absolute atomic E-state index is 4.23. The second-order valence-electron chi connectivity index (χ2n) is 4.41. The van der Waals surface area contributed by atoms with Crippen LogP contribution in [0.4, 0.5) is 0 Å². The minimum atomic E-state index is 0.822. The van der Waals surface area contributed by atoms with Gasteiger partial charge in [-0.3, -0.25) is 0 Å². The average molecular weight is 231 g/mol. The molecule has 2 aromatic heterocycles. The number of aromatic nitrogens is 3. The first-order chi connectivity index (χ1) is 8.43. The lowest BCUT2D eigenvalue weighted by atomic mass is 10.1. The second-order valence-corrected chi connectivity index (χ2v) is 4.41. The Morgan fingerprint density at radius 3 is 3.00 bits per heavy atom. The van der Waals surface area contributed by atoms with Gasteiger partial charge in [0.25, 0.3) is 0 Å². The minimum Gasteiger partial charge on any atom is -0.343 e. The average Bonchev–Trinajstić information content (AvgIpc) is 2.86. The molecule has 0 unspecified atom stereocenters. The number of aromatic amines is 1. The molecule has 1 fully saturated rings. The maximum atomic E-state index is 4.23. The Bertz CT molecular complexity index is 486. The first-order valence-electron chi connectivity index (χ1n) is 6.13. The summed E-state index contributed by atoms with van der Waals surface area (Å²) in [6, 6.07) is 2.09. The Balaban J connectivity index is 1.69. The molecule has 0 amide bonds. The van der Waals surface area contributed by atoms with Crippen LogP contribution in [0.5, 0.6) is 0 Å². The van der Waals surface area contributed by atoms with E-state index in [1.54, 1.807) is 6.33 Å². The lowest BCUT2D eigenvalue weighted by Gasteiger charge is -2.27. The standard InChI is InChI=1S/C12H17N5/c1-3-14-12-11(15-9-16-12)10(1)2-6-17-7-4-13-5-8-17/h1,3,9,13H,2,4-8H2,(H,14,15,16). The van der Waals surface area contributed by atoms with Crippen LogP contribution in [0.2, 0.25) is 0 Å². The van der Waals surface area contributed by atoms with Crippen molar-refractivity contribution in [2.45, 2.75) is 6.42 Å². The van der Waals surface area contributed by atoms with Gasteiger partial charge in [-0.15, -0.1) is 0 Å². The van der Waals surface area contributed by atoms with Crippen molar-refractivity contribution in [3.05, 3.63) is 24.2 Å². The van der Waals surface area contributed by atoms with Crippen molar-refractivity contribution in [1.29, 1.82) is 0 Å². The molecule has 3 heterocycles. The predicted octanol–water partition coefficient (Wildman–Crippen LogP) is 0.406. The van der Waals surface area contributed by atoms with E-state index in [4.69, 9.17) is 0 Å². The third-order valence-electron chi connectivity index (χ3n) is 3.32. The van der Waals surface area contributed by atoms with Crippen LogP contribution in [0.15, 0.2) is 18.6 Å². The van der Waals surface area contributed by atoms with E-state index in [1.807, 2.05) is 6.20 Å². The van der Waals surface area contributed by atoms with Crippen molar-refractivity contribution in [2.24, 2.45) is 0 Å². The summed E-state index contributed by atoms with van der Waals surface area (Å²) >= 11 is 0. The number of rotatable bonds is 3. The lowest BCUT2D eigenvalue weighted by Crippen LogP contribution is -2.44. The van der Waals surface area contributed by atoms with Gasteiger partial charge in [-0.1, -0.05) is 0 Å². The van der Waals surface area contributed by atoms with Gasteiger partial charge in [0.05, 0.1) is 11.8 Å². The summed E-state index contributed by atoms with van der Waals surface area (Å²) in [5.41, 5.74) is 3.22. The van der Waals surface area contributed by atoms with Gasteiger partial charge in [0.1, 0.15) is 0 Å². The molecule has 90 valence electrons. The van der Waals surface area contributed by atoms with Gasteiger partial charge in [0, 0.05) is 38.9 Å². The summed E-state index contributed by atoms with van der Waals surface area (Å²) in [6.07, 6.45) is 4.61. The normalized spacial score (nSPS) is 17.6. The Morgan fingerprint density at radius 1 is 1.24 bits per heavy atom. The van der Waals surface area contributed by atoms with Crippen molar-refractivity contribution in [3.63, 3.8) is 0 Å². The molecule has 0 atom stereocenters. The molecule has 0 aromatic carbocycles. The topological polar surface area (TPSA) is 56.8 Å². The smallest absolute Gasteiger partial charge is 0.177 e. The molecule has 1 aliphatic rings. The van der Waals surface area contributed by atoms with Crippen LogP contribution in [0, 0.1) is 0 Å². The first-order valence-corrected chi connectivity index (χ1v) is 6.13. The van der Waals surface area contributed by atoms with Gasteiger partial charge in [0.15, 0.2) is 5.65 Å². The fraction of sp³-hybridized carbons (Fsp3) is 0.500. The molecule has 17 heavy (non-hydrogen) atoms. The monoisotopic (exact) mass is 231 g/mol. The third kappa shape index (κ3) is 2.30. The van der Waals surface area contributed by atoms with E-state index in [1.165, 1.54) is 5.56 Å².